The molecule has 1 saturated heterocycles. The highest BCUT2D eigenvalue weighted by Gasteiger charge is 2.38. The number of pyridine rings is 1. The molecule has 0 aliphatic carbocycles. The van der Waals surface area contributed by atoms with E-state index in [0.717, 1.165) is 4.31 Å². The van der Waals surface area contributed by atoms with Crippen molar-refractivity contribution in [3.63, 3.8) is 0 Å². The van der Waals surface area contributed by atoms with Crippen molar-refractivity contribution in [2.24, 2.45) is 0 Å². The van der Waals surface area contributed by atoms with Crippen LogP contribution in [0.5, 0.6) is 0 Å². The van der Waals surface area contributed by atoms with Crippen molar-refractivity contribution < 1.29 is 23.1 Å². The second kappa shape index (κ2) is 5.53. The molecule has 1 fully saturated rings. The summed E-state index contributed by atoms with van der Waals surface area (Å²) >= 11 is 3.14. The Hall–Kier alpha value is -1.03. The Kier molecular flexibility index (Phi) is 4.19. The minimum atomic E-state index is -3.90. The van der Waals surface area contributed by atoms with Gasteiger partial charge in [0.15, 0.2) is 0 Å². The lowest BCUT2D eigenvalue weighted by Crippen LogP contribution is -2.52. The van der Waals surface area contributed by atoms with Gasteiger partial charge < -0.3 is 9.84 Å². The van der Waals surface area contributed by atoms with Gasteiger partial charge in [0.05, 0.1) is 13.2 Å². The summed E-state index contributed by atoms with van der Waals surface area (Å²) in [5.74, 6) is -1.23. The van der Waals surface area contributed by atoms with Gasteiger partial charge in [-0.2, -0.15) is 4.31 Å². The lowest BCUT2D eigenvalue weighted by molar-refractivity contribution is -0.146. The molecule has 0 spiro atoms. The molecular weight excluding hydrogens is 340 g/mol. The van der Waals surface area contributed by atoms with E-state index in [-0.39, 0.29) is 24.7 Å². The number of aliphatic carboxylic acids is 1. The molecule has 1 aromatic rings. The van der Waals surface area contributed by atoms with Gasteiger partial charge in [-0.1, -0.05) is 0 Å². The van der Waals surface area contributed by atoms with Crippen molar-refractivity contribution in [2.45, 2.75) is 10.9 Å². The first-order valence-electron chi connectivity index (χ1n) is 5.36. The molecule has 1 aromatic heterocycles. The summed E-state index contributed by atoms with van der Waals surface area (Å²) < 4.78 is 31.3. The molecule has 0 saturated carbocycles. The van der Waals surface area contributed by atoms with Gasteiger partial charge in [0.25, 0.3) is 0 Å². The Morgan fingerprint density at radius 3 is 2.89 bits per heavy atom. The Balaban J connectivity index is 2.40. The van der Waals surface area contributed by atoms with Crippen molar-refractivity contribution in [1.82, 2.24) is 9.29 Å². The van der Waals surface area contributed by atoms with Crippen LogP contribution in [-0.4, -0.2) is 54.6 Å². The molecule has 104 valence electrons. The molecule has 2 heterocycles. The van der Waals surface area contributed by atoms with Crippen LogP contribution < -0.4 is 0 Å². The molecule has 0 bridgehead atoms. The number of nitrogens with zero attached hydrogens (tertiary/aromatic N) is 2. The Morgan fingerprint density at radius 1 is 1.53 bits per heavy atom. The highest BCUT2D eigenvalue weighted by Crippen LogP contribution is 2.22. The number of ether oxygens (including phenoxy) is 1. The zero-order valence-corrected chi connectivity index (χ0v) is 12.1. The molecule has 1 N–H and O–H groups in total. The van der Waals surface area contributed by atoms with E-state index in [4.69, 9.17) is 9.84 Å². The third-order valence-corrected chi connectivity index (χ3v) is 4.96. The molecule has 7 nitrogen and oxygen atoms in total. The first-order chi connectivity index (χ1) is 8.93. The van der Waals surface area contributed by atoms with E-state index < -0.39 is 22.0 Å². The number of sulfonamides is 1. The molecule has 0 radical (unpaired) electrons. The molecule has 0 aromatic carbocycles. The highest BCUT2D eigenvalue weighted by atomic mass is 79.9. The van der Waals surface area contributed by atoms with Crippen LogP contribution in [0.2, 0.25) is 0 Å². The van der Waals surface area contributed by atoms with Crippen LogP contribution in [-0.2, 0) is 19.6 Å². The zero-order chi connectivity index (χ0) is 14.0. The van der Waals surface area contributed by atoms with Gasteiger partial charge in [-0.05, 0) is 22.0 Å². The van der Waals surface area contributed by atoms with Gasteiger partial charge in [-0.15, -0.1) is 0 Å². The van der Waals surface area contributed by atoms with Gasteiger partial charge in [0.2, 0.25) is 10.0 Å². The first kappa shape index (κ1) is 14.4. The topological polar surface area (TPSA) is 96.8 Å². The second-order valence-corrected chi connectivity index (χ2v) is 6.69. The fraction of sp³-hybridized carbons (Fsp3) is 0.400. The van der Waals surface area contributed by atoms with Crippen molar-refractivity contribution in [3.8, 4) is 0 Å². The molecular formula is C10H11BrN2O5S. The van der Waals surface area contributed by atoms with Gasteiger partial charge in [-0.25, -0.2) is 8.42 Å². The molecule has 19 heavy (non-hydrogen) atoms. The van der Waals surface area contributed by atoms with E-state index >= 15 is 0 Å². The summed E-state index contributed by atoms with van der Waals surface area (Å²) in [6, 6.07) is 0.175. The number of rotatable bonds is 3. The van der Waals surface area contributed by atoms with E-state index in [1.807, 2.05) is 0 Å². The van der Waals surface area contributed by atoms with Crippen LogP contribution in [0.25, 0.3) is 0 Å². The van der Waals surface area contributed by atoms with E-state index in [9.17, 15) is 13.2 Å². The monoisotopic (exact) mass is 350 g/mol. The van der Waals surface area contributed by atoms with Crippen LogP contribution in [0, 0.1) is 0 Å². The summed E-state index contributed by atoms with van der Waals surface area (Å²) in [5, 5.41) is 9.06. The number of carboxylic acid groups (broad SMARTS) is 1. The smallest absolute Gasteiger partial charge is 0.324 e. The Labute approximate surface area is 118 Å². The minimum absolute atomic E-state index is 0.00577. The van der Waals surface area contributed by atoms with Crippen molar-refractivity contribution in [2.75, 3.05) is 19.8 Å². The van der Waals surface area contributed by atoms with Crippen LogP contribution in [0.3, 0.4) is 0 Å². The molecule has 0 amide bonds. The summed E-state index contributed by atoms with van der Waals surface area (Å²) in [7, 11) is -3.90. The van der Waals surface area contributed by atoms with Gasteiger partial charge >= 0.3 is 5.97 Å². The quantitative estimate of drug-likeness (QED) is 0.842. The number of carboxylic acids is 1. The average Bonchev–Trinajstić information content (AvgIpc) is 2.38. The predicted octanol–water partition coefficient (Wildman–Crippen LogP) is 0.318. The van der Waals surface area contributed by atoms with Crippen molar-refractivity contribution in [1.29, 1.82) is 0 Å². The Morgan fingerprint density at radius 2 is 2.26 bits per heavy atom. The molecule has 1 unspecified atom stereocenters. The number of hydrogen-bond acceptors (Lipinski definition) is 5. The van der Waals surface area contributed by atoms with Gasteiger partial charge in [-0.3, -0.25) is 9.78 Å². The molecule has 1 atom stereocenters. The first-order valence-corrected chi connectivity index (χ1v) is 7.59. The van der Waals surface area contributed by atoms with Gasteiger partial charge in [0, 0.05) is 23.4 Å². The van der Waals surface area contributed by atoms with E-state index in [1.165, 1.54) is 18.5 Å². The maximum absolute atomic E-state index is 12.4. The largest absolute Gasteiger partial charge is 0.480 e. The minimum Gasteiger partial charge on any atom is -0.480 e. The maximum atomic E-state index is 12.4. The number of hydrogen-bond donors (Lipinski definition) is 1. The van der Waals surface area contributed by atoms with Crippen LogP contribution in [0.15, 0.2) is 27.8 Å². The SMILES string of the molecule is O=C(O)C1COCCN1S(=O)(=O)c1cncc(Br)c1. The van der Waals surface area contributed by atoms with Crippen molar-refractivity contribution in [3.05, 3.63) is 22.9 Å². The van der Waals surface area contributed by atoms with Gasteiger partial charge in [0.1, 0.15) is 10.9 Å². The summed E-state index contributed by atoms with van der Waals surface area (Å²) in [5.41, 5.74) is 0. The van der Waals surface area contributed by atoms with Crippen LogP contribution >= 0.6 is 15.9 Å². The third kappa shape index (κ3) is 2.94. The van der Waals surface area contributed by atoms with E-state index in [0.29, 0.717) is 4.47 Å². The predicted molar refractivity (Wildman–Crippen MR) is 68.1 cm³/mol. The fourth-order valence-electron chi connectivity index (χ4n) is 1.74. The Bertz CT molecular complexity index is 591. The number of aromatic nitrogens is 1. The standard InChI is InChI=1S/C10H11BrN2O5S/c11-7-3-8(5-12-4-7)19(16,17)13-1-2-18-6-9(13)10(14)15/h3-5,9H,1-2,6H2,(H,14,15). The third-order valence-electron chi connectivity index (χ3n) is 2.65. The molecule has 1 aliphatic rings. The average molecular weight is 351 g/mol. The fourth-order valence-corrected chi connectivity index (χ4v) is 3.80. The maximum Gasteiger partial charge on any atom is 0.324 e. The number of carbonyl (C=O) groups is 1. The molecule has 2 rings (SSSR count). The van der Waals surface area contributed by atoms with Crippen LogP contribution in [0.4, 0.5) is 0 Å². The van der Waals surface area contributed by atoms with E-state index in [2.05, 4.69) is 20.9 Å². The normalized spacial score (nSPS) is 21.2. The lowest BCUT2D eigenvalue weighted by Gasteiger charge is -2.31. The number of morpholine rings is 1. The van der Waals surface area contributed by atoms with E-state index in [1.54, 1.807) is 0 Å². The van der Waals surface area contributed by atoms with Crippen LogP contribution in [0.1, 0.15) is 0 Å². The van der Waals surface area contributed by atoms with Crippen molar-refractivity contribution >= 4 is 31.9 Å². The molecule has 1 aliphatic heterocycles. The lowest BCUT2D eigenvalue weighted by atomic mass is 10.3. The summed E-state index contributed by atoms with van der Waals surface area (Å²) in [6.07, 6.45) is 2.64. The second-order valence-electron chi connectivity index (χ2n) is 3.88. The molecule has 9 heteroatoms. The highest BCUT2D eigenvalue weighted by molar-refractivity contribution is 9.10. The zero-order valence-electron chi connectivity index (χ0n) is 9.69. The summed E-state index contributed by atoms with van der Waals surface area (Å²) in [4.78, 5) is 14.8. The number of halogens is 1. The summed E-state index contributed by atoms with van der Waals surface area (Å²) in [6.45, 7) is 0.0201.